The summed E-state index contributed by atoms with van der Waals surface area (Å²) >= 11 is 0. The van der Waals surface area contributed by atoms with Gasteiger partial charge >= 0.3 is 0 Å². The number of carbonyl (C=O) groups is 1. The third-order valence-electron chi connectivity index (χ3n) is 4.77. The van der Waals surface area contributed by atoms with Gasteiger partial charge in [0.05, 0.1) is 11.4 Å². The van der Waals surface area contributed by atoms with Crippen molar-refractivity contribution in [3.8, 4) is 16.9 Å². The van der Waals surface area contributed by atoms with Crippen LogP contribution in [0.5, 0.6) is 0 Å². The van der Waals surface area contributed by atoms with Crippen molar-refractivity contribution in [3.05, 3.63) is 101 Å². The highest BCUT2D eigenvalue weighted by molar-refractivity contribution is 6.03. The second kappa shape index (κ2) is 7.76. The fourth-order valence-corrected chi connectivity index (χ4v) is 3.43. The zero-order valence-electron chi connectivity index (χ0n) is 16.8. The molecule has 1 N–H and O–H groups in total. The summed E-state index contributed by atoms with van der Waals surface area (Å²) in [7, 11) is 0. The second-order valence-corrected chi connectivity index (χ2v) is 7.36. The Morgan fingerprint density at radius 3 is 2.10 bits per heavy atom. The first-order chi connectivity index (χ1) is 14.0. The average Bonchev–Trinajstić information content (AvgIpc) is 3.14. The van der Waals surface area contributed by atoms with Crippen molar-refractivity contribution >= 4 is 11.6 Å². The van der Waals surface area contributed by atoms with E-state index in [9.17, 15) is 4.79 Å². The molecule has 0 bridgehead atoms. The molecule has 29 heavy (non-hydrogen) atoms. The van der Waals surface area contributed by atoms with Gasteiger partial charge in [-0.1, -0.05) is 54.1 Å². The SMILES string of the molecule is Cc1ccc(-c2cc(C(=O)Nc3cc(C)cc(C)c3)nn2-c2ccccc2)cc1. The molecule has 1 aromatic heterocycles. The van der Waals surface area contributed by atoms with Crippen LogP contribution in [0, 0.1) is 20.8 Å². The van der Waals surface area contributed by atoms with Crippen LogP contribution in [0.2, 0.25) is 0 Å². The summed E-state index contributed by atoms with van der Waals surface area (Å²) in [4.78, 5) is 12.9. The molecule has 0 unspecified atom stereocenters. The van der Waals surface area contributed by atoms with Gasteiger partial charge in [-0.15, -0.1) is 0 Å². The molecule has 4 aromatic rings. The zero-order chi connectivity index (χ0) is 20.4. The standard InChI is InChI=1S/C25H23N3O/c1-17-9-11-20(12-10-17)24-16-23(27-28(24)22-7-5-4-6-8-22)25(29)26-21-14-18(2)13-19(3)15-21/h4-16H,1-3H3,(H,26,29). The van der Waals surface area contributed by atoms with Crippen LogP contribution < -0.4 is 5.32 Å². The Balaban J connectivity index is 1.74. The van der Waals surface area contributed by atoms with Crippen molar-refractivity contribution in [2.75, 3.05) is 5.32 Å². The summed E-state index contributed by atoms with van der Waals surface area (Å²) in [6, 6.07) is 25.9. The molecule has 0 fully saturated rings. The number of aryl methyl sites for hydroxylation is 3. The zero-order valence-corrected chi connectivity index (χ0v) is 16.8. The van der Waals surface area contributed by atoms with Crippen LogP contribution in [0.15, 0.2) is 78.9 Å². The van der Waals surface area contributed by atoms with E-state index < -0.39 is 0 Å². The van der Waals surface area contributed by atoms with Crippen LogP contribution in [-0.2, 0) is 0 Å². The van der Waals surface area contributed by atoms with E-state index >= 15 is 0 Å². The Morgan fingerprint density at radius 2 is 1.45 bits per heavy atom. The average molecular weight is 381 g/mol. The van der Waals surface area contributed by atoms with Crippen LogP contribution in [0.4, 0.5) is 5.69 Å². The number of nitrogens with zero attached hydrogens (tertiary/aromatic N) is 2. The predicted molar refractivity (Wildman–Crippen MR) is 118 cm³/mol. The van der Waals surface area contributed by atoms with Crippen LogP contribution >= 0.6 is 0 Å². The Bertz CT molecular complexity index is 1140. The van der Waals surface area contributed by atoms with Gasteiger partial charge in [0.2, 0.25) is 0 Å². The lowest BCUT2D eigenvalue weighted by molar-refractivity contribution is 0.102. The number of rotatable bonds is 4. The van der Waals surface area contributed by atoms with Crippen molar-refractivity contribution < 1.29 is 4.79 Å². The van der Waals surface area contributed by atoms with E-state index in [1.54, 1.807) is 0 Å². The lowest BCUT2D eigenvalue weighted by atomic mass is 10.1. The molecule has 3 aromatic carbocycles. The van der Waals surface area contributed by atoms with Crippen molar-refractivity contribution in [2.24, 2.45) is 0 Å². The lowest BCUT2D eigenvalue weighted by Crippen LogP contribution is -2.13. The molecule has 0 spiro atoms. The Labute approximate surface area is 170 Å². The van der Waals surface area contributed by atoms with Gasteiger partial charge < -0.3 is 5.32 Å². The molecule has 0 aliphatic carbocycles. The normalized spacial score (nSPS) is 10.7. The van der Waals surface area contributed by atoms with Gasteiger partial charge in [-0.2, -0.15) is 5.10 Å². The summed E-state index contributed by atoms with van der Waals surface area (Å²) in [6.07, 6.45) is 0. The van der Waals surface area contributed by atoms with Gasteiger partial charge in [-0.05, 0) is 62.2 Å². The minimum absolute atomic E-state index is 0.224. The van der Waals surface area contributed by atoms with E-state index in [0.29, 0.717) is 5.69 Å². The van der Waals surface area contributed by atoms with E-state index in [4.69, 9.17) is 0 Å². The van der Waals surface area contributed by atoms with Gasteiger partial charge in [0.1, 0.15) is 0 Å². The third-order valence-corrected chi connectivity index (χ3v) is 4.77. The highest BCUT2D eigenvalue weighted by atomic mass is 16.1. The third kappa shape index (κ3) is 4.11. The van der Waals surface area contributed by atoms with E-state index in [-0.39, 0.29) is 5.91 Å². The number of amides is 1. The van der Waals surface area contributed by atoms with Crippen molar-refractivity contribution in [2.45, 2.75) is 20.8 Å². The molecule has 0 aliphatic heterocycles. The summed E-state index contributed by atoms with van der Waals surface area (Å²) in [5.41, 5.74) is 7.35. The molecule has 0 saturated carbocycles. The number of nitrogens with one attached hydrogen (secondary N) is 1. The molecule has 4 nitrogen and oxygen atoms in total. The molecular weight excluding hydrogens is 358 g/mol. The minimum Gasteiger partial charge on any atom is -0.321 e. The van der Waals surface area contributed by atoms with Crippen molar-refractivity contribution in [1.29, 1.82) is 0 Å². The fourth-order valence-electron chi connectivity index (χ4n) is 3.43. The Hall–Kier alpha value is -3.66. The highest BCUT2D eigenvalue weighted by Gasteiger charge is 2.17. The van der Waals surface area contributed by atoms with E-state index in [1.165, 1.54) is 5.56 Å². The summed E-state index contributed by atoms with van der Waals surface area (Å²) in [5, 5.41) is 7.60. The quantitative estimate of drug-likeness (QED) is 0.492. The molecule has 144 valence electrons. The largest absolute Gasteiger partial charge is 0.321 e. The molecule has 1 amide bonds. The molecule has 4 heteroatoms. The predicted octanol–water partition coefficient (Wildman–Crippen LogP) is 5.72. The van der Waals surface area contributed by atoms with Gasteiger partial charge in [0, 0.05) is 11.3 Å². The lowest BCUT2D eigenvalue weighted by Gasteiger charge is -2.07. The first kappa shape index (κ1) is 18.7. The van der Waals surface area contributed by atoms with Gasteiger partial charge in [-0.3, -0.25) is 4.79 Å². The van der Waals surface area contributed by atoms with Gasteiger partial charge in [0.25, 0.3) is 5.91 Å². The maximum absolute atomic E-state index is 12.9. The topological polar surface area (TPSA) is 46.9 Å². The summed E-state index contributed by atoms with van der Waals surface area (Å²) in [6.45, 7) is 6.09. The Kier molecular flexibility index (Phi) is 5.00. The first-order valence-corrected chi connectivity index (χ1v) is 9.62. The molecule has 4 rings (SSSR count). The maximum Gasteiger partial charge on any atom is 0.276 e. The number of benzene rings is 3. The summed E-state index contributed by atoms with van der Waals surface area (Å²) < 4.78 is 1.82. The molecule has 0 saturated heterocycles. The van der Waals surface area contributed by atoms with Crippen molar-refractivity contribution in [3.63, 3.8) is 0 Å². The molecular formula is C25H23N3O. The highest BCUT2D eigenvalue weighted by Crippen LogP contribution is 2.25. The van der Waals surface area contributed by atoms with Crippen LogP contribution in [0.3, 0.4) is 0 Å². The smallest absolute Gasteiger partial charge is 0.276 e. The number of aromatic nitrogens is 2. The molecule has 0 aliphatic rings. The summed E-state index contributed by atoms with van der Waals surface area (Å²) in [5.74, 6) is -0.224. The van der Waals surface area contributed by atoms with Crippen LogP contribution in [0.1, 0.15) is 27.2 Å². The molecule has 1 heterocycles. The minimum atomic E-state index is -0.224. The molecule has 0 atom stereocenters. The van der Waals surface area contributed by atoms with E-state index in [1.807, 2.05) is 67.1 Å². The number of anilines is 1. The number of carbonyl (C=O) groups excluding carboxylic acids is 1. The Morgan fingerprint density at radius 1 is 0.793 bits per heavy atom. The number of hydrogen-bond donors (Lipinski definition) is 1. The second-order valence-electron chi connectivity index (χ2n) is 7.36. The van der Waals surface area contributed by atoms with Crippen molar-refractivity contribution in [1.82, 2.24) is 9.78 Å². The van der Waals surface area contributed by atoms with Gasteiger partial charge in [0.15, 0.2) is 5.69 Å². The van der Waals surface area contributed by atoms with Crippen LogP contribution in [-0.4, -0.2) is 15.7 Å². The first-order valence-electron chi connectivity index (χ1n) is 9.62. The van der Waals surface area contributed by atoms with Crippen LogP contribution in [0.25, 0.3) is 16.9 Å². The monoisotopic (exact) mass is 381 g/mol. The maximum atomic E-state index is 12.9. The number of hydrogen-bond acceptors (Lipinski definition) is 2. The number of para-hydroxylation sites is 1. The van der Waals surface area contributed by atoms with E-state index in [0.717, 1.165) is 33.8 Å². The fraction of sp³-hybridized carbons (Fsp3) is 0.120. The van der Waals surface area contributed by atoms with Gasteiger partial charge in [-0.25, -0.2) is 4.68 Å². The molecule has 0 radical (unpaired) electrons. The van der Waals surface area contributed by atoms with E-state index in [2.05, 4.69) is 47.7 Å².